The number of carbonyl (C=O) groups excluding carboxylic acids is 1. The number of sulfonamides is 1. The third-order valence-corrected chi connectivity index (χ3v) is 7.67. The first kappa shape index (κ1) is 20.9. The van der Waals surface area contributed by atoms with Crippen molar-refractivity contribution in [1.82, 2.24) is 19.8 Å². The number of carbonyl (C=O) groups is 1. The molecule has 0 spiro atoms. The van der Waals surface area contributed by atoms with E-state index in [1.54, 1.807) is 13.8 Å². The number of aromatic nitrogens is 2. The van der Waals surface area contributed by atoms with Gasteiger partial charge in [-0.25, -0.2) is 8.42 Å². The molecule has 2 heterocycles. The summed E-state index contributed by atoms with van der Waals surface area (Å²) >= 11 is 0. The minimum atomic E-state index is -3.67. The summed E-state index contributed by atoms with van der Waals surface area (Å²) in [4.78, 5) is 13.0. The average Bonchev–Trinajstić information content (AvgIpc) is 2.99. The maximum absolute atomic E-state index is 13.0. The van der Waals surface area contributed by atoms with E-state index >= 15 is 0 Å². The van der Waals surface area contributed by atoms with Gasteiger partial charge in [-0.15, -0.1) is 0 Å². The summed E-state index contributed by atoms with van der Waals surface area (Å²) in [6.45, 7) is 8.33. The molecule has 2 rings (SSSR count). The second-order valence-electron chi connectivity index (χ2n) is 7.15. The van der Waals surface area contributed by atoms with Crippen molar-refractivity contribution in [3.05, 3.63) is 11.4 Å². The number of nitrogens with one attached hydrogen (secondary N) is 2. The van der Waals surface area contributed by atoms with E-state index in [-0.39, 0.29) is 23.3 Å². The number of hydrogen-bond donors (Lipinski definition) is 3. The van der Waals surface area contributed by atoms with Crippen LogP contribution in [0.5, 0.6) is 0 Å². The Morgan fingerprint density at radius 1 is 1.38 bits per heavy atom. The summed E-state index contributed by atoms with van der Waals surface area (Å²) in [6, 6.07) is 0. The van der Waals surface area contributed by atoms with Crippen molar-refractivity contribution in [3.8, 4) is 0 Å². The molecule has 0 saturated carbocycles. The molecule has 0 aromatic carbocycles. The fourth-order valence-electron chi connectivity index (χ4n) is 3.55. The Labute approximate surface area is 156 Å². The highest BCUT2D eigenvalue weighted by molar-refractivity contribution is 7.89. The number of piperidine rings is 1. The van der Waals surface area contributed by atoms with Gasteiger partial charge in [-0.2, -0.15) is 9.40 Å². The molecule has 1 aromatic rings. The Kier molecular flexibility index (Phi) is 6.46. The lowest BCUT2D eigenvalue weighted by molar-refractivity contribution is -0.128. The van der Waals surface area contributed by atoms with Gasteiger partial charge < -0.3 is 11.1 Å². The van der Waals surface area contributed by atoms with Crippen LogP contribution in [0.15, 0.2) is 4.90 Å². The van der Waals surface area contributed by atoms with Gasteiger partial charge >= 0.3 is 0 Å². The summed E-state index contributed by atoms with van der Waals surface area (Å²) in [5, 5.41) is 9.78. The van der Waals surface area contributed by atoms with Gasteiger partial charge in [0.1, 0.15) is 4.90 Å². The van der Waals surface area contributed by atoms with E-state index in [0.29, 0.717) is 37.3 Å². The Bertz CT molecular complexity index is 712. The van der Waals surface area contributed by atoms with Gasteiger partial charge in [-0.3, -0.25) is 9.89 Å². The Morgan fingerprint density at radius 2 is 2.04 bits per heavy atom. The molecule has 1 aliphatic rings. The van der Waals surface area contributed by atoms with Crippen LogP contribution in [0.2, 0.25) is 0 Å². The lowest BCUT2D eigenvalue weighted by atomic mass is 9.90. The van der Waals surface area contributed by atoms with Gasteiger partial charge in [0.25, 0.3) is 0 Å². The van der Waals surface area contributed by atoms with Gasteiger partial charge in [0, 0.05) is 19.6 Å². The molecule has 1 aromatic heterocycles. The molecule has 1 fully saturated rings. The summed E-state index contributed by atoms with van der Waals surface area (Å²) in [6.07, 6.45) is 2.82. The minimum absolute atomic E-state index is 0.111. The zero-order valence-corrected chi connectivity index (χ0v) is 16.9. The molecule has 1 saturated heterocycles. The highest BCUT2D eigenvalue weighted by Crippen LogP contribution is 2.27. The second-order valence-corrected chi connectivity index (χ2v) is 9.02. The van der Waals surface area contributed by atoms with Crippen LogP contribution in [0.1, 0.15) is 50.9 Å². The highest BCUT2D eigenvalue weighted by atomic mass is 32.2. The zero-order valence-electron chi connectivity index (χ0n) is 16.1. The maximum atomic E-state index is 13.0. The summed E-state index contributed by atoms with van der Waals surface area (Å²) < 4.78 is 27.5. The lowest BCUT2D eigenvalue weighted by Crippen LogP contribution is -2.56. The molecule has 0 radical (unpaired) electrons. The quantitative estimate of drug-likeness (QED) is 0.648. The average molecular weight is 386 g/mol. The van der Waals surface area contributed by atoms with Crippen LogP contribution in [0.3, 0.4) is 0 Å². The van der Waals surface area contributed by atoms with Crippen molar-refractivity contribution in [1.29, 1.82) is 0 Å². The Morgan fingerprint density at radius 3 is 2.54 bits per heavy atom. The molecule has 0 aliphatic carbocycles. The standard InChI is InChI=1S/C17H31N5O3S/c1-5-17(6-2,11-18)19-16(23)14-8-7-9-22(10-14)26(24,25)15-12(3)20-21-13(15)4/h14H,5-11,18H2,1-4H3,(H,19,23)(H,20,21). The second kappa shape index (κ2) is 8.06. The number of rotatable bonds is 7. The Balaban J connectivity index is 2.18. The van der Waals surface area contributed by atoms with Crippen LogP contribution in [0, 0.1) is 19.8 Å². The number of H-pyrrole nitrogens is 1. The first-order valence-corrected chi connectivity index (χ1v) is 10.7. The van der Waals surface area contributed by atoms with Crippen LogP contribution in [-0.4, -0.2) is 54.0 Å². The topological polar surface area (TPSA) is 121 Å². The molecule has 1 unspecified atom stereocenters. The van der Waals surface area contributed by atoms with E-state index in [1.165, 1.54) is 4.31 Å². The van der Waals surface area contributed by atoms with Crippen LogP contribution >= 0.6 is 0 Å². The number of amides is 1. The van der Waals surface area contributed by atoms with E-state index in [2.05, 4.69) is 15.5 Å². The summed E-state index contributed by atoms with van der Waals surface area (Å²) in [5.41, 5.74) is 6.42. The van der Waals surface area contributed by atoms with Gasteiger partial charge in [0.15, 0.2) is 0 Å². The number of nitrogens with zero attached hydrogens (tertiary/aromatic N) is 2. The molecule has 1 amide bonds. The predicted molar refractivity (Wildman–Crippen MR) is 100 cm³/mol. The number of aromatic amines is 1. The number of hydrogen-bond acceptors (Lipinski definition) is 5. The molecule has 148 valence electrons. The fraction of sp³-hybridized carbons (Fsp3) is 0.765. The van der Waals surface area contributed by atoms with Gasteiger partial charge in [0.05, 0.1) is 22.8 Å². The molecular formula is C17H31N5O3S. The molecule has 26 heavy (non-hydrogen) atoms. The minimum Gasteiger partial charge on any atom is -0.349 e. The van der Waals surface area contributed by atoms with Gasteiger partial charge in [-0.1, -0.05) is 13.8 Å². The largest absolute Gasteiger partial charge is 0.349 e. The first-order valence-electron chi connectivity index (χ1n) is 9.24. The van der Waals surface area contributed by atoms with Crippen molar-refractivity contribution in [2.75, 3.05) is 19.6 Å². The van der Waals surface area contributed by atoms with Crippen molar-refractivity contribution < 1.29 is 13.2 Å². The van der Waals surface area contributed by atoms with Gasteiger partial charge in [-0.05, 0) is 39.5 Å². The normalized spacial score (nSPS) is 19.5. The molecule has 1 atom stereocenters. The van der Waals surface area contributed by atoms with Crippen molar-refractivity contribution in [3.63, 3.8) is 0 Å². The smallest absolute Gasteiger partial charge is 0.246 e. The third kappa shape index (κ3) is 3.94. The SMILES string of the molecule is CCC(CC)(CN)NC(=O)C1CCCN(S(=O)(=O)c2c(C)n[nH]c2C)C1. The first-order chi connectivity index (χ1) is 12.2. The van der Waals surface area contributed by atoms with Crippen LogP contribution in [-0.2, 0) is 14.8 Å². The monoisotopic (exact) mass is 385 g/mol. The molecule has 0 bridgehead atoms. The molecule has 4 N–H and O–H groups in total. The molecular weight excluding hydrogens is 354 g/mol. The molecule has 9 heteroatoms. The highest BCUT2D eigenvalue weighted by Gasteiger charge is 2.37. The van der Waals surface area contributed by atoms with Crippen LogP contribution in [0.25, 0.3) is 0 Å². The fourth-order valence-corrected chi connectivity index (χ4v) is 5.41. The van der Waals surface area contributed by atoms with Crippen molar-refractivity contribution in [2.24, 2.45) is 11.7 Å². The van der Waals surface area contributed by atoms with Gasteiger partial charge in [0.2, 0.25) is 15.9 Å². The molecule has 1 aliphatic heterocycles. The number of nitrogens with two attached hydrogens (primary N) is 1. The van der Waals surface area contributed by atoms with Crippen molar-refractivity contribution in [2.45, 2.75) is 63.8 Å². The zero-order chi connectivity index (χ0) is 19.5. The van der Waals surface area contributed by atoms with E-state index in [9.17, 15) is 13.2 Å². The van der Waals surface area contributed by atoms with E-state index in [0.717, 1.165) is 12.8 Å². The summed E-state index contributed by atoms with van der Waals surface area (Å²) in [5.74, 6) is -0.477. The van der Waals surface area contributed by atoms with E-state index in [4.69, 9.17) is 5.73 Å². The lowest BCUT2D eigenvalue weighted by Gasteiger charge is -2.36. The van der Waals surface area contributed by atoms with E-state index in [1.807, 2.05) is 13.8 Å². The van der Waals surface area contributed by atoms with E-state index < -0.39 is 15.6 Å². The third-order valence-electron chi connectivity index (χ3n) is 5.55. The number of aryl methyl sites for hydroxylation is 2. The van der Waals surface area contributed by atoms with Crippen LogP contribution in [0.4, 0.5) is 0 Å². The van der Waals surface area contributed by atoms with Crippen molar-refractivity contribution >= 4 is 15.9 Å². The van der Waals surface area contributed by atoms with Crippen LogP contribution < -0.4 is 11.1 Å². The summed E-state index contributed by atoms with van der Waals surface area (Å²) in [7, 11) is -3.67. The maximum Gasteiger partial charge on any atom is 0.246 e. The predicted octanol–water partition coefficient (Wildman–Crippen LogP) is 1.06. The molecule has 8 nitrogen and oxygen atoms in total. The Hall–Kier alpha value is -1.45.